The van der Waals surface area contributed by atoms with Gasteiger partial charge < -0.3 is 10.2 Å². The van der Waals surface area contributed by atoms with Gasteiger partial charge in [0.1, 0.15) is 17.0 Å². The molecule has 3 rings (SSSR count). The van der Waals surface area contributed by atoms with E-state index in [1.165, 1.54) is 18.4 Å². The predicted molar refractivity (Wildman–Crippen MR) is 94.6 cm³/mol. The zero-order chi connectivity index (χ0) is 16.6. The van der Waals surface area contributed by atoms with Crippen LogP contribution in [0.3, 0.4) is 0 Å². The minimum atomic E-state index is -0.196. The molecule has 3 nitrogen and oxygen atoms in total. The molecule has 2 atom stereocenters. The first-order valence-electron chi connectivity index (χ1n) is 8.77. The summed E-state index contributed by atoms with van der Waals surface area (Å²) in [5, 5.41) is 21.1. The average Bonchev–Trinajstić information content (AvgIpc) is 3.13. The summed E-state index contributed by atoms with van der Waals surface area (Å²) in [6.07, 6.45) is 8.51. The summed E-state index contributed by atoms with van der Waals surface area (Å²) in [5.74, 6) is 0.379. The Hall–Kier alpha value is -1.77. The van der Waals surface area contributed by atoms with Crippen LogP contribution in [0.2, 0.25) is 0 Å². The molecule has 23 heavy (non-hydrogen) atoms. The molecule has 0 saturated heterocycles. The first kappa shape index (κ1) is 16.1. The lowest BCUT2D eigenvalue weighted by molar-refractivity contribution is 0.414. The number of hydrogen-bond donors (Lipinski definition) is 2. The van der Waals surface area contributed by atoms with Crippen molar-refractivity contribution >= 4 is 5.71 Å². The van der Waals surface area contributed by atoms with Crippen LogP contribution in [0.25, 0.3) is 0 Å². The summed E-state index contributed by atoms with van der Waals surface area (Å²) >= 11 is 0. The van der Waals surface area contributed by atoms with Gasteiger partial charge >= 0.3 is 0 Å². The number of aromatic hydroxyl groups is 2. The van der Waals surface area contributed by atoms with Crippen molar-refractivity contribution in [3.05, 3.63) is 34.9 Å². The van der Waals surface area contributed by atoms with Gasteiger partial charge in [0.05, 0.1) is 0 Å². The van der Waals surface area contributed by atoms with Gasteiger partial charge in [-0.2, -0.15) is 0 Å². The molecule has 124 valence electrons. The van der Waals surface area contributed by atoms with Crippen LogP contribution in [0.4, 0.5) is 0 Å². The number of unbranched alkanes of at least 4 members (excludes halogenated alkanes) is 2. The summed E-state index contributed by atoms with van der Waals surface area (Å²) in [6, 6.07) is 3.65. The fraction of sp³-hybridized carbons (Fsp3) is 0.550. The largest absolute Gasteiger partial charge is 0.507 e. The SMILES string of the molecule is CCCCCc1cc(O)c([C@@H]2C=C(C)CC[C@]23N=C3C)c(O)c1. The number of phenolic OH excluding ortho intramolecular Hbond substituents is 2. The van der Waals surface area contributed by atoms with Gasteiger partial charge in [-0.25, -0.2) is 0 Å². The molecule has 0 amide bonds. The number of hydrogen-bond acceptors (Lipinski definition) is 3. The maximum Gasteiger partial charge on any atom is 0.123 e. The van der Waals surface area contributed by atoms with Crippen LogP contribution < -0.4 is 0 Å². The Morgan fingerprint density at radius 1 is 1.17 bits per heavy atom. The van der Waals surface area contributed by atoms with Crippen LogP contribution in [0.1, 0.15) is 69.9 Å². The highest BCUT2D eigenvalue weighted by Crippen LogP contribution is 2.53. The monoisotopic (exact) mass is 313 g/mol. The van der Waals surface area contributed by atoms with Crippen molar-refractivity contribution in [2.45, 2.75) is 70.8 Å². The van der Waals surface area contributed by atoms with Gasteiger partial charge in [-0.05, 0) is 57.2 Å². The number of rotatable bonds is 5. The van der Waals surface area contributed by atoms with Gasteiger partial charge in [0, 0.05) is 17.2 Å². The maximum absolute atomic E-state index is 10.6. The van der Waals surface area contributed by atoms with Crippen LogP contribution in [-0.2, 0) is 6.42 Å². The molecular formula is C20H27NO2. The van der Waals surface area contributed by atoms with E-state index in [4.69, 9.17) is 0 Å². The van der Waals surface area contributed by atoms with Crippen molar-refractivity contribution in [2.24, 2.45) is 4.99 Å². The standard InChI is InChI=1S/C20H27NO2/c1-4-5-6-7-15-11-17(22)19(18(23)12-15)16-10-13(2)8-9-20(16)14(3)21-20/h10-12,16,22-23H,4-9H2,1-3H3/t16-,20+/m0/s1. The van der Waals surface area contributed by atoms with E-state index in [9.17, 15) is 10.2 Å². The lowest BCUT2D eigenvalue weighted by Gasteiger charge is -2.30. The second-order valence-corrected chi connectivity index (χ2v) is 7.12. The predicted octanol–water partition coefficient (Wildman–Crippen LogP) is 4.87. The number of allylic oxidation sites excluding steroid dienone is 1. The molecule has 1 aliphatic heterocycles. The minimum Gasteiger partial charge on any atom is -0.507 e. The molecule has 1 spiro atoms. The molecule has 1 heterocycles. The molecule has 2 N–H and O–H groups in total. The summed E-state index contributed by atoms with van der Waals surface area (Å²) in [4.78, 5) is 4.65. The Balaban J connectivity index is 1.91. The highest BCUT2D eigenvalue weighted by Gasteiger charge is 2.52. The van der Waals surface area contributed by atoms with Crippen molar-refractivity contribution in [1.82, 2.24) is 0 Å². The topological polar surface area (TPSA) is 52.8 Å². The summed E-state index contributed by atoms with van der Waals surface area (Å²) < 4.78 is 0. The van der Waals surface area contributed by atoms with Crippen molar-refractivity contribution in [1.29, 1.82) is 0 Å². The quantitative estimate of drug-likeness (QED) is 0.602. The van der Waals surface area contributed by atoms with E-state index >= 15 is 0 Å². The highest BCUT2D eigenvalue weighted by atomic mass is 16.3. The van der Waals surface area contributed by atoms with E-state index in [1.54, 1.807) is 0 Å². The van der Waals surface area contributed by atoms with Crippen LogP contribution in [0, 0.1) is 0 Å². The second kappa shape index (κ2) is 6.03. The van der Waals surface area contributed by atoms with Crippen LogP contribution in [0.5, 0.6) is 11.5 Å². The minimum absolute atomic E-state index is 0.0408. The van der Waals surface area contributed by atoms with Gasteiger partial charge in [-0.3, -0.25) is 4.99 Å². The van der Waals surface area contributed by atoms with Crippen LogP contribution in [-0.4, -0.2) is 21.5 Å². The molecule has 1 aromatic carbocycles. The van der Waals surface area contributed by atoms with Gasteiger partial charge in [0.25, 0.3) is 0 Å². The van der Waals surface area contributed by atoms with E-state index in [0.29, 0.717) is 5.56 Å². The third kappa shape index (κ3) is 2.89. The van der Waals surface area contributed by atoms with Crippen molar-refractivity contribution < 1.29 is 10.2 Å². The first-order chi connectivity index (χ1) is 11.0. The van der Waals surface area contributed by atoms with Crippen LogP contribution >= 0.6 is 0 Å². The molecule has 1 aromatic rings. The smallest absolute Gasteiger partial charge is 0.123 e. The Morgan fingerprint density at radius 3 is 2.39 bits per heavy atom. The zero-order valence-corrected chi connectivity index (χ0v) is 14.4. The zero-order valence-electron chi connectivity index (χ0n) is 14.4. The Bertz CT molecular complexity index is 651. The number of benzene rings is 1. The lowest BCUT2D eigenvalue weighted by atomic mass is 9.73. The van der Waals surface area contributed by atoms with E-state index < -0.39 is 0 Å². The maximum atomic E-state index is 10.6. The first-order valence-corrected chi connectivity index (χ1v) is 8.77. The van der Waals surface area contributed by atoms with E-state index in [0.717, 1.165) is 37.0 Å². The van der Waals surface area contributed by atoms with Gasteiger partial charge in [0.15, 0.2) is 0 Å². The molecule has 0 radical (unpaired) electrons. The average molecular weight is 313 g/mol. The molecule has 0 bridgehead atoms. The van der Waals surface area contributed by atoms with E-state index in [2.05, 4.69) is 31.8 Å². The summed E-state index contributed by atoms with van der Waals surface area (Å²) in [6.45, 7) is 6.34. The van der Waals surface area contributed by atoms with Crippen molar-refractivity contribution in [3.63, 3.8) is 0 Å². The molecular weight excluding hydrogens is 286 g/mol. The number of aryl methyl sites for hydroxylation is 1. The Kier molecular flexibility index (Phi) is 4.22. The van der Waals surface area contributed by atoms with Crippen molar-refractivity contribution in [3.8, 4) is 11.5 Å². The Morgan fingerprint density at radius 2 is 1.83 bits per heavy atom. The van der Waals surface area contributed by atoms with Gasteiger partial charge in [-0.15, -0.1) is 0 Å². The van der Waals surface area contributed by atoms with Gasteiger partial charge in [-0.1, -0.05) is 31.4 Å². The molecule has 0 saturated carbocycles. The molecule has 2 aliphatic rings. The summed E-state index contributed by atoms with van der Waals surface area (Å²) in [7, 11) is 0. The molecule has 0 fully saturated rings. The molecule has 0 unspecified atom stereocenters. The number of aliphatic imine (C=N–C) groups is 1. The van der Waals surface area contributed by atoms with Crippen molar-refractivity contribution in [2.75, 3.05) is 0 Å². The Labute approximate surface area is 138 Å². The number of nitrogens with zero attached hydrogens (tertiary/aromatic N) is 1. The third-order valence-corrected chi connectivity index (χ3v) is 5.39. The van der Waals surface area contributed by atoms with E-state index in [-0.39, 0.29) is 23.0 Å². The molecule has 1 aliphatic carbocycles. The molecule has 3 heteroatoms. The normalized spacial score (nSPS) is 26.1. The second-order valence-electron chi connectivity index (χ2n) is 7.12. The summed E-state index contributed by atoms with van der Waals surface area (Å²) in [5.41, 5.74) is 3.90. The van der Waals surface area contributed by atoms with Gasteiger partial charge in [0.2, 0.25) is 0 Å². The van der Waals surface area contributed by atoms with E-state index in [1.807, 2.05) is 12.1 Å². The highest BCUT2D eigenvalue weighted by molar-refractivity contribution is 6.05. The molecule has 0 aromatic heterocycles. The number of phenols is 2. The fourth-order valence-corrected chi connectivity index (χ4v) is 3.90. The fourth-order valence-electron chi connectivity index (χ4n) is 3.90. The lowest BCUT2D eigenvalue weighted by Crippen LogP contribution is -2.29. The third-order valence-electron chi connectivity index (χ3n) is 5.39. The van der Waals surface area contributed by atoms with Crippen LogP contribution in [0.15, 0.2) is 28.8 Å².